The summed E-state index contributed by atoms with van der Waals surface area (Å²) < 4.78 is 27.6. The van der Waals surface area contributed by atoms with Gasteiger partial charge in [0.15, 0.2) is 5.82 Å². The van der Waals surface area contributed by atoms with Crippen molar-refractivity contribution in [2.75, 3.05) is 10.5 Å². The highest BCUT2D eigenvalue weighted by molar-refractivity contribution is 9.10. The molecule has 19 heavy (non-hydrogen) atoms. The Morgan fingerprint density at radius 3 is 2.58 bits per heavy atom. The summed E-state index contributed by atoms with van der Waals surface area (Å²) in [5.74, 6) is 0.249. The summed E-state index contributed by atoms with van der Waals surface area (Å²) in [4.78, 5) is 0.133. The van der Waals surface area contributed by atoms with Gasteiger partial charge in [0.1, 0.15) is 0 Å². The molecule has 0 aliphatic rings. The molecule has 0 radical (unpaired) electrons. The zero-order valence-corrected chi connectivity index (χ0v) is 12.8. The van der Waals surface area contributed by atoms with Crippen LogP contribution >= 0.6 is 15.9 Å². The minimum Gasteiger partial charge on any atom is -0.398 e. The van der Waals surface area contributed by atoms with E-state index in [0.717, 1.165) is 5.69 Å². The summed E-state index contributed by atoms with van der Waals surface area (Å²) in [6, 6.07) is 4.69. The summed E-state index contributed by atoms with van der Waals surface area (Å²) >= 11 is 3.26. The van der Waals surface area contributed by atoms with E-state index in [4.69, 9.17) is 5.73 Å². The average molecular weight is 345 g/mol. The second-order valence-corrected chi connectivity index (χ2v) is 6.69. The van der Waals surface area contributed by atoms with E-state index in [9.17, 15) is 8.42 Å². The number of nitrogens with one attached hydrogen (secondary N) is 2. The van der Waals surface area contributed by atoms with Crippen LogP contribution in [0.3, 0.4) is 0 Å². The molecule has 6 nitrogen and oxygen atoms in total. The van der Waals surface area contributed by atoms with Gasteiger partial charge in [-0.15, -0.1) is 0 Å². The van der Waals surface area contributed by atoms with Crippen LogP contribution in [0.5, 0.6) is 0 Å². The average Bonchev–Trinajstić information content (AvgIpc) is 2.68. The second kappa shape index (κ2) is 4.86. The molecule has 0 amide bonds. The van der Waals surface area contributed by atoms with Crippen LogP contribution in [0.2, 0.25) is 0 Å². The number of sulfonamides is 1. The lowest BCUT2D eigenvalue weighted by Crippen LogP contribution is -2.15. The Labute approximate surface area is 119 Å². The van der Waals surface area contributed by atoms with E-state index in [1.54, 1.807) is 26.0 Å². The third-order valence-electron chi connectivity index (χ3n) is 2.53. The van der Waals surface area contributed by atoms with Crippen LogP contribution in [0.15, 0.2) is 27.6 Å². The van der Waals surface area contributed by atoms with E-state index in [1.807, 2.05) is 0 Å². The smallest absolute Gasteiger partial charge is 0.263 e. The monoisotopic (exact) mass is 344 g/mol. The van der Waals surface area contributed by atoms with Crippen molar-refractivity contribution < 1.29 is 8.42 Å². The number of aryl methyl sites for hydroxylation is 2. The van der Waals surface area contributed by atoms with E-state index in [1.165, 1.54) is 6.07 Å². The van der Waals surface area contributed by atoms with Crippen LogP contribution in [0.4, 0.5) is 11.5 Å². The summed E-state index contributed by atoms with van der Waals surface area (Å²) in [5.41, 5.74) is 7.45. The van der Waals surface area contributed by atoms with Crippen molar-refractivity contribution in [1.82, 2.24) is 10.2 Å². The van der Waals surface area contributed by atoms with Gasteiger partial charge in [-0.1, -0.05) is 0 Å². The quantitative estimate of drug-likeness (QED) is 0.742. The van der Waals surface area contributed by atoms with E-state index < -0.39 is 10.0 Å². The molecule has 2 aromatic rings. The van der Waals surface area contributed by atoms with Gasteiger partial charge in [0.05, 0.1) is 4.90 Å². The minimum atomic E-state index is -3.70. The fourth-order valence-electron chi connectivity index (χ4n) is 1.62. The lowest BCUT2D eigenvalue weighted by atomic mass is 10.2. The molecule has 0 saturated heterocycles. The maximum absolute atomic E-state index is 12.3. The van der Waals surface area contributed by atoms with Gasteiger partial charge in [-0.2, -0.15) is 5.10 Å². The van der Waals surface area contributed by atoms with Crippen molar-refractivity contribution in [3.8, 4) is 0 Å². The van der Waals surface area contributed by atoms with Gasteiger partial charge >= 0.3 is 0 Å². The number of aromatic nitrogens is 2. The van der Waals surface area contributed by atoms with Crippen LogP contribution in [0, 0.1) is 13.8 Å². The highest BCUT2D eigenvalue weighted by atomic mass is 79.9. The van der Waals surface area contributed by atoms with E-state index >= 15 is 0 Å². The topological polar surface area (TPSA) is 101 Å². The molecule has 8 heteroatoms. The van der Waals surface area contributed by atoms with Gasteiger partial charge in [-0.3, -0.25) is 9.82 Å². The lowest BCUT2D eigenvalue weighted by Gasteiger charge is -2.10. The molecule has 0 aliphatic carbocycles. The number of nitrogens with two attached hydrogens (primary N) is 1. The maximum atomic E-state index is 12.3. The molecule has 4 N–H and O–H groups in total. The molecular formula is C11H13BrN4O2S. The van der Waals surface area contributed by atoms with Crippen LogP contribution in [-0.2, 0) is 10.0 Å². The Hall–Kier alpha value is -1.54. The van der Waals surface area contributed by atoms with Crippen LogP contribution in [-0.4, -0.2) is 18.6 Å². The van der Waals surface area contributed by atoms with Crippen LogP contribution in [0.25, 0.3) is 0 Å². The molecule has 0 bridgehead atoms. The van der Waals surface area contributed by atoms with Gasteiger partial charge in [0.25, 0.3) is 10.0 Å². The first-order chi connectivity index (χ1) is 8.79. The predicted molar refractivity (Wildman–Crippen MR) is 77.4 cm³/mol. The molecule has 1 aromatic heterocycles. The predicted octanol–water partition coefficient (Wildman–Crippen LogP) is 2.17. The van der Waals surface area contributed by atoms with Crippen molar-refractivity contribution in [2.24, 2.45) is 0 Å². The Morgan fingerprint density at radius 1 is 1.32 bits per heavy atom. The molecule has 0 aliphatic heterocycles. The van der Waals surface area contributed by atoms with Gasteiger partial charge in [-0.05, 0) is 47.5 Å². The normalized spacial score (nSPS) is 11.5. The second-order valence-electron chi connectivity index (χ2n) is 4.18. The van der Waals surface area contributed by atoms with E-state index in [-0.39, 0.29) is 10.7 Å². The van der Waals surface area contributed by atoms with Crippen LogP contribution < -0.4 is 10.5 Å². The highest BCUT2D eigenvalue weighted by Crippen LogP contribution is 2.27. The number of rotatable bonds is 3. The first kappa shape index (κ1) is 13.9. The summed E-state index contributed by atoms with van der Waals surface area (Å²) in [6.45, 7) is 3.49. The molecule has 0 saturated carbocycles. The third kappa shape index (κ3) is 2.90. The van der Waals surface area contributed by atoms with Crippen molar-refractivity contribution in [3.05, 3.63) is 33.9 Å². The summed E-state index contributed by atoms with van der Waals surface area (Å²) in [6.07, 6.45) is 0. The number of benzene rings is 1. The molecule has 0 fully saturated rings. The molecule has 1 aromatic carbocycles. The first-order valence-corrected chi connectivity index (χ1v) is 7.67. The van der Waals surface area contributed by atoms with Crippen molar-refractivity contribution in [3.63, 3.8) is 0 Å². The SMILES string of the molecule is Cc1cc(NS(=O)(=O)c2cc(N)c(Br)cc2C)n[nH]1. The zero-order valence-electron chi connectivity index (χ0n) is 10.4. The largest absolute Gasteiger partial charge is 0.398 e. The zero-order chi connectivity index (χ0) is 14.2. The molecule has 0 spiro atoms. The number of aromatic amines is 1. The Bertz CT molecular complexity index is 724. The standard InChI is InChI=1S/C11H13BrN4O2S/c1-6-3-8(12)9(13)5-10(6)19(17,18)16-11-4-7(2)14-15-11/h3-5H,13H2,1-2H3,(H2,14,15,16). The number of H-pyrrole nitrogens is 1. The molecule has 0 atom stereocenters. The number of nitrogen functional groups attached to an aromatic ring is 1. The van der Waals surface area contributed by atoms with Crippen molar-refractivity contribution in [1.29, 1.82) is 0 Å². The molecular weight excluding hydrogens is 332 g/mol. The van der Waals surface area contributed by atoms with Gasteiger partial charge in [0.2, 0.25) is 0 Å². The van der Waals surface area contributed by atoms with Gasteiger partial charge in [-0.25, -0.2) is 8.42 Å². The summed E-state index contributed by atoms with van der Waals surface area (Å²) in [7, 11) is -3.70. The minimum absolute atomic E-state index is 0.133. The summed E-state index contributed by atoms with van der Waals surface area (Å²) in [5, 5.41) is 6.51. The number of anilines is 2. The molecule has 0 unspecified atom stereocenters. The molecule has 102 valence electrons. The maximum Gasteiger partial charge on any atom is 0.263 e. The number of hydrogen-bond donors (Lipinski definition) is 3. The van der Waals surface area contributed by atoms with Crippen molar-refractivity contribution >= 4 is 37.5 Å². The molecule has 1 heterocycles. The Morgan fingerprint density at radius 2 is 2.00 bits per heavy atom. The third-order valence-corrected chi connectivity index (χ3v) is 4.71. The fraction of sp³-hybridized carbons (Fsp3) is 0.182. The highest BCUT2D eigenvalue weighted by Gasteiger charge is 2.19. The number of hydrogen-bond acceptors (Lipinski definition) is 4. The Balaban J connectivity index is 2.42. The van der Waals surface area contributed by atoms with E-state index in [0.29, 0.717) is 15.7 Å². The lowest BCUT2D eigenvalue weighted by molar-refractivity contribution is 0.600. The Kier molecular flexibility index (Phi) is 3.55. The number of nitrogens with zero attached hydrogens (tertiary/aromatic N) is 1. The van der Waals surface area contributed by atoms with E-state index in [2.05, 4.69) is 30.8 Å². The molecule has 2 rings (SSSR count). The number of halogens is 1. The van der Waals surface area contributed by atoms with Crippen LogP contribution in [0.1, 0.15) is 11.3 Å². The first-order valence-electron chi connectivity index (χ1n) is 5.40. The fourth-order valence-corrected chi connectivity index (χ4v) is 3.33. The van der Waals surface area contributed by atoms with Crippen molar-refractivity contribution in [2.45, 2.75) is 18.7 Å². The van der Waals surface area contributed by atoms with Gasteiger partial charge < -0.3 is 5.73 Å². The van der Waals surface area contributed by atoms with Gasteiger partial charge in [0, 0.05) is 21.9 Å².